The van der Waals surface area contributed by atoms with Crippen molar-refractivity contribution < 1.29 is 28.7 Å². The van der Waals surface area contributed by atoms with Crippen LogP contribution in [0.3, 0.4) is 0 Å². The van der Waals surface area contributed by atoms with Crippen LogP contribution in [0.1, 0.15) is 92.9 Å². The maximum Gasteiger partial charge on any atom is 0.248 e. The second kappa shape index (κ2) is 19.3. The monoisotopic (exact) mass is 624 g/mol. The summed E-state index contributed by atoms with van der Waals surface area (Å²) in [4.78, 5) is 55.6. The third kappa shape index (κ3) is 11.3. The second-order valence-electron chi connectivity index (χ2n) is 12.6. The van der Waals surface area contributed by atoms with Gasteiger partial charge in [-0.3, -0.25) is 19.2 Å². The summed E-state index contributed by atoms with van der Waals surface area (Å²) in [5.74, 6) is -0.620. The van der Waals surface area contributed by atoms with Gasteiger partial charge in [-0.05, 0) is 94.2 Å². The summed E-state index contributed by atoms with van der Waals surface area (Å²) in [6.45, 7) is 13.7. The van der Waals surface area contributed by atoms with Gasteiger partial charge in [0.15, 0.2) is 0 Å². The molecule has 0 aromatic heterocycles. The van der Waals surface area contributed by atoms with Crippen molar-refractivity contribution in [2.75, 3.05) is 40.4 Å². The Morgan fingerprint density at radius 1 is 0.659 bits per heavy atom. The van der Waals surface area contributed by atoms with Crippen LogP contribution in [0.15, 0.2) is 0 Å². The van der Waals surface area contributed by atoms with Crippen LogP contribution in [-0.4, -0.2) is 122 Å². The van der Waals surface area contributed by atoms with Crippen molar-refractivity contribution in [1.29, 1.82) is 0 Å². The Morgan fingerprint density at radius 3 is 1.32 bits per heavy atom. The van der Waals surface area contributed by atoms with Gasteiger partial charge in [-0.25, -0.2) is 0 Å². The molecular weight excluding hydrogens is 564 g/mol. The summed E-state index contributed by atoms with van der Waals surface area (Å²) in [7, 11) is 3.43. The molecule has 0 aliphatic carbocycles. The van der Waals surface area contributed by atoms with E-state index in [2.05, 4.69) is 21.3 Å². The molecule has 12 nitrogen and oxygen atoms in total. The van der Waals surface area contributed by atoms with Crippen LogP contribution in [0.25, 0.3) is 0 Å². The van der Waals surface area contributed by atoms with Crippen molar-refractivity contribution in [2.24, 2.45) is 0 Å². The number of nitrogens with zero attached hydrogens (tertiary/aromatic N) is 2. The van der Waals surface area contributed by atoms with Crippen LogP contribution in [0, 0.1) is 0 Å². The number of hydrogen-bond acceptors (Lipinski definition) is 8. The summed E-state index contributed by atoms with van der Waals surface area (Å²) in [5, 5.41) is 11.7. The molecule has 0 saturated carbocycles. The molecule has 12 heteroatoms. The predicted octanol–water partition coefficient (Wildman–Crippen LogP) is 1.56. The highest BCUT2D eigenvalue weighted by molar-refractivity contribution is 5.91. The van der Waals surface area contributed by atoms with Crippen LogP contribution in [0.4, 0.5) is 0 Å². The molecule has 44 heavy (non-hydrogen) atoms. The van der Waals surface area contributed by atoms with E-state index in [0.717, 1.165) is 51.4 Å². The zero-order valence-electron chi connectivity index (χ0n) is 28.4. The lowest BCUT2D eigenvalue weighted by molar-refractivity contribution is -0.141. The van der Waals surface area contributed by atoms with Gasteiger partial charge in [0.05, 0.1) is 24.3 Å². The van der Waals surface area contributed by atoms with Gasteiger partial charge in [-0.1, -0.05) is 12.8 Å². The number of rotatable bonds is 19. The summed E-state index contributed by atoms with van der Waals surface area (Å²) in [6, 6.07) is -1.97. The molecular formula is C32H60N6O6. The summed E-state index contributed by atoms with van der Waals surface area (Å²) >= 11 is 0. The van der Waals surface area contributed by atoms with Gasteiger partial charge in [0.1, 0.15) is 12.1 Å². The third-order valence-corrected chi connectivity index (χ3v) is 9.19. The number of ether oxygens (including phenoxy) is 2. The van der Waals surface area contributed by atoms with E-state index in [1.54, 1.807) is 27.9 Å². The van der Waals surface area contributed by atoms with Crippen LogP contribution in [-0.2, 0) is 28.7 Å². The molecule has 0 spiro atoms. The van der Waals surface area contributed by atoms with E-state index in [9.17, 15) is 19.2 Å². The maximum absolute atomic E-state index is 13.3. The van der Waals surface area contributed by atoms with Gasteiger partial charge < -0.3 is 40.5 Å². The fourth-order valence-electron chi connectivity index (χ4n) is 5.75. The summed E-state index contributed by atoms with van der Waals surface area (Å²) in [6.07, 6.45) is 6.42. The molecule has 0 aromatic carbocycles. The molecule has 2 rings (SSSR count). The van der Waals surface area contributed by atoms with Gasteiger partial charge in [0, 0.05) is 38.4 Å². The average Bonchev–Trinajstić information content (AvgIpc) is 3.65. The Kier molecular flexibility index (Phi) is 16.6. The Morgan fingerprint density at radius 2 is 1.02 bits per heavy atom. The number of carbonyl (C=O) groups excluding carboxylic acids is 4. The van der Waals surface area contributed by atoms with E-state index in [0.29, 0.717) is 26.3 Å². The maximum atomic E-state index is 13.3. The summed E-state index contributed by atoms with van der Waals surface area (Å²) in [5.41, 5.74) is 0. The van der Waals surface area contributed by atoms with E-state index >= 15 is 0 Å². The number of likely N-dealkylation sites (tertiary alicyclic amines) is 2. The minimum absolute atomic E-state index is 0.0852. The lowest BCUT2D eigenvalue weighted by Gasteiger charge is -2.31. The van der Waals surface area contributed by atoms with E-state index in [1.807, 2.05) is 37.5 Å². The van der Waals surface area contributed by atoms with Gasteiger partial charge in [0.2, 0.25) is 23.6 Å². The highest BCUT2D eigenvalue weighted by Crippen LogP contribution is 2.20. The first kappa shape index (κ1) is 37.9. The lowest BCUT2D eigenvalue weighted by atomic mass is 10.1. The zero-order chi connectivity index (χ0) is 32.8. The van der Waals surface area contributed by atoms with Crippen LogP contribution < -0.4 is 21.3 Å². The van der Waals surface area contributed by atoms with Gasteiger partial charge in [-0.15, -0.1) is 0 Å². The smallest absolute Gasteiger partial charge is 0.248 e. The average molecular weight is 625 g/mol. The first-order chi connectivity index (χ1) is 20.9. The molecule has 8 atom stereocenters. The first-order valence-corrected chi connectivity index (χ1v) is 16.7. The molecule has 4 N–H and O–H groups in total. The Hall–Kier alpha value is -2.28. The minimum atomic E-state index is -0.732. The molecule has 2 aliphatic rings. The number of hydrogen-bond donors (Lipinski definition) is 4. The highest BCUT2D eigenvalue weighted by atomic mass is 16.5. The van der Waals surface area contributed by atoms with E-state index in [4.69, 9.17) is 9.47 Å². The lowest BCUT2D eigenvalue weighted by Crippen LogP contribution is -2.57. The Balaban J connectivity index is 1.79. The molecule has 2 heterocycles. The molecule has 0 unspecified atom stereocenters. The Labute approximate surface area is 265 Å². The number of nitrogens with one attached hydrogen (secondary N) is 4. The van der Waals surface area contributed by atoms with E-state index < -0.39 is 36.4 Å². The molecule has 0 radical (unpaired) electrons. The van der Waals surface area contributed by atoms with Gasteiger partial charge in [0.25, 0.3) is 0 Å². The molecule has 254 valence electrons. The standard InChI is InChI=1S/C32H60N6O6/c1-21-15-13-17-37(21)31(41)27(35-29(39)23(3)33-7)25(5)43-19-11-9-10-12-20-44-26(6)28(36-30(40)24(4)34-8)32(42)38-18-14-16-22(38)2/h21-28,33-34H,9-20H2,1-8H3,(H,35,39)(H,36,40)/t21-,22-,23+,24+,25-,26-,27+,28+/m1/s1. The van der Waals surface area contributed by atoms with Crippen molar-refractivity contribution >= 4 is 23.6 Å². The quantitative estimate of drug-likeness (QED) is 0.159. The van der Waals surface area contributed by atoms with Gasteiger partial charge in [-0.2, -0.15) is 0 Å². The SMILES string of the molecule is CN[C@@H](C)C(=O)N[C@H](C(=O)N1CCC[C@H]1C)[C@@H](C)OCCCCCCO[C@H](C)[C@H](NC(=O)[C@H](C)NC)C(=O)N1CCC[C@H]1C. The first-order valence-electron chi connectivity index (χ1n) is 16.7. The Bertz CT molecular complexity index is 850. The van der Waals surface area contributed by atoms with E-state index in [1.165, 1.54) is 0 Å². The fraction of sp³-hybridized carbons (Fsp3) is 0.875. The van der Waals surface area contributed by atoms with E-state index in [-0.39, 0.29) is 35.7 Å². The molecule has 4 amide bonds. The molecule has 0 bridgehead atoms. The molecule has 2 saturated heterocycles. The predicted molar refractivity (Wildman–Crippen MR) is 171 cm³/mol. The second-order valence-corrected chi connectivity index (χ2v) is 12.6. The number of unbranched alkanes of at least 4 members (excludes halogenated alkanes) is 3. The zero-order valence-corrected chi connectivity index (χ0v) is 28.4. The minimum Gasteiger partial charge on any atom is -0.376 e. The third-order valence-electron chi connectivity index (χ3n) is 9.19. The molecule has 2 aliphatic heterocycles. The van der Waals surface area contributed by atoms with Crippen LogP contribution in [0.5, 0.6) is 0 Å². The summed E-state index contributed by atoms with van der Waals surface area (Å²) < 4.78 is 12.1. The van der Waals surface area contributed by atoms with Crippen LogP contribution in [0.2, 0.25) is 0 Å². The highest BCUT2D eigenvalue weighted by Gasteiger charge is 2.37. The van der Waals surface area contributed by atoms with Gasteiger partial charge >= 0.3 is 0 Å². The number of likely N-dealkylation sites (N-methyl/N-ethyl adjacent to an activating group) is 2. The van der Waals surface area contributed by atoms with Crippen molar-refractivity contribution in [3.8, 4) is 0 Å². The van der Waals surface area contributed by atoms with Crippen molar-refractivity contribution in [1.82, 2.24) is 31.1 Å². The fourth-order valence-corrected chi connectivity index (χ4v) is 5.75. The topological polar surface area (TPSA) is 141 Å². The molecule has 0 aromatic rings. The van der Waals surface area contributed by atoms with Crippen LogP contribution >= 0.6 is 0 Å². The number of amides is 4. The van der Waals surface area contributed by atoms with Crippen molar-refractivity contribution in [3.05, 3.63) is 0 Å². The normalized spacial score (nSPS) is 22.6. The largest absolute Gasteiger partial charge is 0.376 e. The number of carbonyl (C=O) groups is 4. The molecule has 2 fully saturated rings. The van der Waals surface area contributed by atoms with Crippen molar-refractivity contribution in [3.63, 3.8) is 0 Å². The van der Waals surface area contributed by atoms with Crippen molar-refractivity contribution in [2.45, 2.75) is 141 Å².